The average molecular weight is 298 g/mol. The van der Waals surface area contributed by atoms with Crippen LogP contribution in [0.5, 0.6) is 0 Å². The van der Waals surface area contributed by atoms with E-state index in [1.54, 1.807) is 18.2 Å². The number of benzene rings is 2. The molecule has 2 nitrogen and oxygen atoms in total. The van der Waals surface area contributed by atoms with Crippen molar-refractivity contribution in [3.63, 3.8) is 0 Å². The first-order chi connectivity index (χ1) is 9.56. The fraction of sp³-hybridized carbons (Fsp3) is 0.200. The molecule has 0 saturated carbocycles. The topological polar surface area (TPSA) is 32.3 Å². The van der Waals surface area contributed by atoms with E-state index in [-0.39, 0.29) is 17.4 Å². The fourth-order valence-corrected chi connectivity index (χ4v) is 2.04. The Morgan fingerprint density at radius 1 is 1.15 bits per heavy atom. The van der Waals surface area contributed by atoms with Gasteiger partial charge in [-0.15, -0.1) is 0 Å². The van der Waals surface area contributed by atoms with Crippen molar-refractivity contribution in [1.29, 1.82) is 0 Å². The average Bonchev–Trinajstić information content (AvgIpc) is 2.42. The summed E-state index contributed by atoms with van der Waals surface area (Å²) < 4.78 is 26.0. The lowest BCUT2D eigenvalue weighted by Gasteiger charge is -2.12. The molecule has 0 bridgehead atoms. The summed E-state index contributed by atoms with van der Waals surface area (Å²) in [6.07, 6.45) is -0.804. The first kappa shape index (κ1) is 14.9. The van der Waals surface area contributed by atoms with Crippen LogP contribution in [0.15, 0.2) is 42.5 Å². The van der Waals surface area contributed by atoms with E-state index < -0.39 is 11.9 Å². The van der Waals surface area contributed by atoms with Crippen LogP contribution in [-0.2, 0) is 6.54 Å². The Balaban J connectivity index is 1.87. The van der Waals surface area contributed by atoms with E-state index in [1.807, 2.05) is 0 Å². The van der Waals surface area contributed by atoms with E-state index in [9.17, 15) is 13.9 Å². The van der Waals surface area contributed by atoms with Crippen molar-refractivity contribution in [3.05, 3.63) is 70.2 Å². The van der Waals surface area contributed by atoms with Crippen molar-refractivity contribution in [3.8, 4) is 0 Å². The molecule has 0 amide bonds. The van der Waals surface area contributed by atoms with Gasteiger partial charge in [0.2, 0.25) is 0 Å². The van der Waals surface area contributed by atoms with Crippen LogP contribution in [0, 0.1) is 11.6 Å². The van der Waals surface area contributed by atoms with Gasteiger partial charge in [0, 0.05) is 13.1 Å². The molecule has 0 fully saturated rings. The highest BCUT2D eigenvalue weighted by atomic mass is 35.5. The van der Waals surface area contributed by atoms with Gasteiger partial charge in [-0.05, 0) is 35.4 Å². The maximum atomic E-state index is 13.0. The number of nitrogens with one attached hydrogen (secondary N) is 1. The lowest BCUT2D eigenvalue weighted by atomic mass is 10.1. The van der Waals surface area contributed by atoms with Gasteiger partial charge in [-0.25, -0.2) is 8.78 Å². The monoisotopic (exact) mass is 297 g/mol. The first-order valence-corrected chi connectivity index (χ1v) is 6.52. The maximum absolute atomic E-state index is 13.0. The molecule has 1 unspecified atom stereocenters. The highest BCUT2D eigenvalue weighted by Crippen LogP contribution is 2.16. The minimum Gasteiger partial charge on any atom is -0.387 e. The van der Waals surface area contributed by atoms with Crippen molar-refractivity contribution in [2.75, 3.05) is 6.54 Å². The second kappa shape index (κ2) is 6.79. The minimum absolute atomic E-state index is 0.0648. The third-order valence-corrected chi connectivity index (χ3v) is 3.17. The highest BCUT2D eigenvalue weighted by molar-refractivity contribution is 6.30. The second-order valence-corrected chi connectivity index (χ2v) is 4.86. The fourth-order valence-electron chi connectivity index (χ4n) is 1.83. The molecule has 0 heterocycles. The van der Waals surface area contributed by atoms with Gasteiger partial charge in [-0.1, -0.05) is 29.8 Å². The lowest BCUT2D eigenvalue weighted by Crippen LogP contribution is -2.21. The minimum atomic E-state index is -0.804. The van der Waals surface area contributed by atoms with Gasteiger partial charge >= 0.3 is 0 Å². The molecule has 5 heteroatoms. The molecule has 0 radical (unpaired) electrons. The van der Waals surface area contributed by atoms with E-state index in [0.29, 0.717) is 12.1 Å². The zero-order chi connectivity index (χ0) is 14.5. The summed E-state index contributed by atoms with van der Waals surface area (Å²) in [6, 6.07) is 10.3. The Bertz CT molecular complexity index is 592. The molecule has 0 aliphatic carbocycles. The standard InChI is InChI=1S/C15H14ClF2NO/c16-13-6-10(4-5-14(13)18)8-19-9-15(20)11-2-1-3-12(17)7-11/h1-7,15,19-20H,8-9H2. The van der Waals surface area contributed by atoms with E-state index >= 15 is 0 Å². The van der Waals surface area contributed by atoms with Crippen LogP contribution in [0.1, 0.15) is 17.2 Å². The van der Waals surface area contributed by atoms with Crippen LogP contribution in [0.4, 0.5) is 8.78 Å². The molecule has 2 rings (SSSR count). The Morgan fingerprint density at radius 2 is 1.95 bits per heavy atom. The molecule has 106 valence electrons. The molecule has 2 N–H and O–H groups in total. The van der Waals surface area contributed by atoms with Gasteiger partial charge in [-0.3, -0.25) is 0 Å². The molecule has 0 aromatic heterocycles. The van der Waals surface area contributed by atoms with Gasteiger partial charge in [0.15, 0.2) is 0 Å². The number of aliphatic hydroxyl groups excluding tert-OH is 1. The number of halogens is 3. The molecule has 2 aromatic carbocycles. The van der Waals surface area contributed by atoms with Crippen LogP contribution in [0.2, 0.25) is 5.02 Å². The molecule has 0 aliphatic heterocycles. The van der Waals surface area contributed by atoms with Crippen LogP contribution < -0.4 is 5.32 Å². The van der Waals surface area contributed by atoms with Crippen molar-refractivity contribution >= 4 is 11.6 Å². The van der Waals surface area contributed by atoms with Gasteiger partial charge in [0.25, 0.3) is 0 Å². The zero-order valence-corrected chi connectivity index (χ0v) is 11.4. The lowest BCUT2D eigenvalue weighted by molar-refractivity contribution is 0.174. The third-order valence-electron chi connectivity index (χ3n) is 2.88. The summed E-state index contributed by atoms with van der Waals surface area (Å²) in [6.45, 7) is 0.699. The Labute approximate surface area is 121 Å². The van der Waals surface area contributed by atoms with E-state index in [1.165, 1.54) is 24.3 Å². The van der Waals surface area contributed by atoms with Crippen LogP contribution in [0.25, 0.3) is 0 Å². The summed E-state index contributed by atoms with van der Waals surface area (Å²) in [7, 11) is 0. The predicted molar refractivity (Wildman–Crippen MR) is 74.5 cm³/mol. The van der Waals surface area contributed by atoms with E-state index in [0.717, 1.165) is 5.56 Å². The summed E-state index contributed by atoms with van der Waals surface area (Å²) in [4.78, 5) is 0. The van der Waals surface area contributed by atoms with E-state index in [2.05, 4.69) is 5.32 Å². The molecule has 0 spiro atoms. The van der Waals surface area contributed by atoms with Gasteiger partial charge in [0.1, 0.15) is 11.6 Å². The summed E-state index contributed by atoms with van der Waals surface area (Å²) >= 11 is 5.67. The molecular formula is C15H14ClF2NO. The number of aliphatic hydroxyl groups is 1. The van der Waals surface area contributed by atoms with Gasteiger partial charge < -0.3 is 10.4 Å². The Kier molecular flexibility index (Phi) is 5.06. The molecule has 20 heavy (non-hydrogen) atoms. The summed E-state index contributed by atoms with van der Waals surface area (Å²) in [5.41, 5.74) is 1.32. The smallest absolute Gasteiger partial charge is 0.141 e. The number of hydrogen-bond acceptors (Lipinski definition) is 2. The molecule has 0 saturated heterocycles. The van der Waals surface area contributed by atoms with Gasteiger partial charge in [-0.2, -0.15) is 0 Å². The molecule has 2 aromatic rings. The normalized spacial score (nSPS) is 12.4. The maximum Gasteiger partial charge on any atom is 0.141 e. The summed E-state index contributed by atoms with van der Waals surface area (Å²) in [5.74, 6) is -0.845. The summed E-state index contributed by atoms with van der Waals surface area (Å²) in [5, 5.41) is 13.0. The zero-order valence-electron chi connectivity index (χ0n) is 10.6. The van der Waals surface area contributed by atoms with Crippen molar-refractivity contribution in [2.24, 2.45) is 0 Å². The largest absolute Gasteiger partial charge is 0.387 e. The molecule has 1 atom stereocenters. The van der Waals surface area contributed by atoms with Crippen LogP contribution in [-0.4, -0.2) is 11.7 Å². The third kappa shape index (κ3) is 4.00. The highest BCUT2D eigenvalue weighted by Gasteiger charge is 2.08. The molecule has 0 aliphatic rings. The van der Waals surface area contributed by atoms with Crippen LogP contribution in [0.3, 0.4) is 0 Å². The quantitative estimate of drug-likeness (QED) is 0.886. The molecular weight excluding hydrogens is 284 g/mol. The SMILES string of the molecule is OC(CNCc1ccc(F)c(Cl)c1)c1cccc(F)c1. The van der Waals surface area contributed by atoms with Crippen LogP contribution >= 0.6 is 11.6 Å². The first-order valence-electron chi connectivity index (χ1n) is 6.14. The van der Waals surface area contributed by atoms with E-state index in [4.69, 9.17) is 11.6 Å². The van der Waals surface area contributed by atoms with Gasteiger partial charge in [0.05, 0.1) is 11.1 Å². The Morgan fingerprint density at radius 3 is 2.65 bits per heavy atom. The Hall–Kier alpha value is -1.49. The number of rotatable bonds is 5. The van der Waals surface area contributed by atoms with Crippen molar-refractivity contribution in [2.45, 2.75) is 12.6 Å². The van der Waals surface area contributed by atoms with Crippen molar-refractivity contribution in [1.82, 2.24) is 5.32 Å². The van der Waals surface area contributed by atoms with Crippen molar-refractivity contribution < 1.29 is 13.9 Å². The predicted octanol–water partition coefficient (Wildman–Crippen LogP) is 3.44. The number of hydrogen-bond donors (Lipinski definition) is 2. The second-order valence-electron chi connectivity index (χ2n) is 4.45.